The fraction of sp³-hybridized carbons (Fsp3) is 0.756. The molecule has 0 spiro atoms. The number of rotatable bonds is 27. The monoisotopic (exact) mass is 817 g/mol. The lowest BCUT2D eigenvalue weighted by Gasteiger charge is -2.41. The van der Waals surface area contributed by atoms with Crippen molar-refractivity contribution < 1.29 is 43.3 Å². The number of carboxylic acid groups (broad SMARTS) is 1. The summed E-state index contributed by atoms with van der Waals surface area (Å²) in [5.41, 5.74) is 0.787. The molecule has 13 nitrogen and oxygen atoms in total. The van der Waals surface area contributed by atoms with Crippen molar-refractivity contribution in [1.29, 1.82) is 0 Å². The van der Waals surface area contributed by atoms with Crippen molar-refractivity contribution in [2.75, 3.05) is 54.6 Å². The minimum atomic E-state index is -1.14. The Morgan fingerprint density at radius 2 is 1.57 bits per heavy atom. The Balaban J connectivity index is 2.26. The molecule has 0 radical (unpaired) electrons. The van der Waals surface area contributed by atoms with E-state index in [1.165, 1.54) is 7.11 Å². The molecule has 0 aromatic heterocycles. The number of hydrogen-bond acceptors (Lipinski definition) is 9. The van der Waals surface area contributed by atoms with Crippen LogP contribution in [0.4, 0.5) is 0 Å². The van der Waals surface area contributed by atoms with Gasteiger partial charge in [0.2, 0.25) is 17.7 Å². The summed E-state index contributed by atoms with van der Waals surface area (Å²) < 4.78 is 17.6. The van der Waals surface area contributed by atoms with Crippen molar-refractivity contribution in [3.63, 3.8) is 0 Å². The molecule has 13 heteroatoms. The number of carboxylic acids is 1. The molecule has 2 rings (SSSR count). The Kier molecular flexibility index (Phi) is 22.1. The number of aliphatic carboxylic acids is 1. The van der Waals surface area contributed by atoms with Crippen molar-refractivity contribution >= 4 is 29.5 Å². The van der Waals surface area contributed by atoms with Crippen molar-refractivity contribution in [3.8, 4) is 0 Å². The van der Waals surface area contributed by atoms with Crippen LogP contribution in [0, 0.1) is 29.6 Å². The maximum absolute atomic E-state index is 14.5. The molecule has 58 heavy (non-hydrogen) atoms. The number of ether oxygens (including phenoxy) is 3. The van der Waals surface area contributed by atoms with Crippen molar-refractivity contribution in [3.05, 3.63) is 35.9 Å². The lowest BCUT2D eigenvalue weighted by atomic mass is 9.83. The third-order valence-corrected chi connectivity index (χ3v) is 12.1. The summed E-state index contributed by atoms with van der Waals surface area (Å²) in [6, 6.07) is 6.76. The number of Topliss-reactive ketones (excluding diaryl/α,β-unsaturated/α-hetero) is 1. The minimum Gasteiger partial charge on any atom is -0.480 e. The van der Waals surface area contributed by atoms with E-state index in [2.05, 4.69) is 12.2 Å². The largest absolute Gasteiger partial charge is 0.480 e. The van der Waals surface area contributed by atoms with E-state index in [1.54, 1.807) is 30.9 Å². The highest BCUT2D eigenvalue weighted by atomic mass is 16.5. The fourth-order valence-corrected chi connectivity index (χ4v) is 8.59. The number of carbonyl (C=O) groups is 5. The van der Waals surface area contributed by atoms with E-state index in [0.717, 1.165) is 18.4 Å². The highest BCUT2D eigenvalue weighted by Crippen LogP contribution is 2.31. The second-order valence-corrected chi connectivity index (χ2v) is 17.0. The number of nitrogens with one attached hydrogen (secondary N) is 1. The number of likely N-dealkylation sites (N-methyl/N-ethyl adjacent to an activating group) is 2. The molecule has 2 N–H and O–H groups in total. The predicted octanol–water partition coefficient (Wildman–Crippen LogP) is 5.33. The zero-order valence-corrected chi connectivity index (χ0v) is 37.6. The molecular formula is C45H76N4O9. The Hall–Kier alpha value is -3.39. The first-order valence-corrected chi connectivity index (χ1v) is 21.4. The number of methoxy groups -OCH3 is 2. The van der Waals surface area contributed by atoms with E-state index in [0.29, 0.717) is 39.1 Å². The predicted molar refractivity (Wildman–Crippen MR) is 226 cm³/mol. The van der Waals surface area contributed by atoms with Crippen molar-refractivity contribution in [2.45, 2.75) is 137 Å². The third-order valence-electron chi connectivity index (χ3n) is 12.1. The SMILES string of the molecule is CCCOCCN(C)[C@H](C(=O)C[C@H](C(=O)N(C)[C@@H]([C@@H](C)CC)[C@@H](CC(=O)N1CCC[C@H]1[C@H](OC)[C@@H](C)C(=O)N[C@@H](Cc1ccccc1)C(=O)O)OC)C(C)C)C(C)C. The average Bonchev–Trinajstić information content (AvgIpc) is 3.67. The second-order valence-electron chi connectivity index (χ2n) is 17.0. The number of ketones is 1. The van der Waals surface area contributed by atoms with Crippen LogP contribution in [-0.4, -0.2) is 140 Å². The highest BCUT2D eigenvalue weighted by molar-refractivity contribution is 5.90. The van der Waals surface area contributed by atoms with Crippen LogP contribution < -0.4 is 5.32 Å². The molecular weight excluding hydrogens is 741 g/mol. The Bertz CT molecular complexity index is 1430. The zero-order chi connectivity index (χ0) is 43.7. The highest BCUT2D eigenvalue weighted by Gasteiger charge is 2.43. The molecule has 9 atom stereocenters. The first-order valence-electron chi connectivity index (χ1n) is 21.4. The van der Waals surface area contributed by atoms with Gasteiger partial charge in [-0.05, 0) is 49.6 Å². The van der Waals surface area contributed by atoms with Gasteiger partial charge in [-0.2, -0.15) is 0 Å². The maximum atomic E-state index is 14.5. The standard InChI is InChI=1S/C45H76N4O9/c1-13-24-58-25-23-47(9)40(30(5)6)37(50)27-34(29(3)4)44(53)48(10)41(31(7)14-2)38(56-11)28-39(51)49-22-18-21-36(49)42(57-12)32(8)43(52)46-35(45(54)55)26-33-19-16-15-17-20-33/h15-17,19-20,29-32,34-36,38,40-42H,13-14,18,21-28H2,1-12H3,(H,46,52)(H,54,55)/t31-,32+,34-,35-,36-,38+,40-,41-,42+/m0/s1. The second kappa shape index (κ2) is 25.3. The van der Waals surface area contributed by atoms with Gasteiger partial charge in [0.05, 0.1) is 49.3 Å². The van der Waals surface area contributed by atoms with Gasteiger partial charge in [0.1, 0.15) is 6.04 Å². The van der Waals surface area contributed by atoms with Crippen molar-refractivity contribution in [1.82, 2.24) is 20.0 Å². The van der Waals surface area contributed by atoms with Crippen LogP contribution in [0.1, 0.15) is 99.5 Å². The summed E-state index contributed by atoms with van der Waals surface area (Å²) in [4.78, 5) is 73.9. The molecule has 1 saturated heterocycles. The number of benzene rings is 1. The maximum Gasteiger partial charge on any atom is 0.326 e. The van der Waals surface area contributed by atoms with Crippen LogP contribution in [0.25, 0.3) is 0 Å². The smallest absolute Gasteiger partial charge is 0.326 e. The Morgan fingerprint density at radius 1 is 0.914 bits per heavy atom. The van der Waals surface area contributed by atoms with Crippen molar-refractivity contribution in [2.24, 2.45) is 29.6 Å². The van der Waals surface area contributed by atoms with Gasteiger partial charge >= 0.3 is 5.97 Å². The number of nitrogens with zero attached hydrogens (tertiary/aromatic N) is 3. The van der Waals surface area contributed by atoms with E-state index in [4.69, 9.17) is 14.2 Å². The average molecular weight is 817 g/mol. The van der Waals surface area contributed by atoms with E-state index in [-0.39, 0.29) is 60.7 Å². The lowest BCUT2D eigenvalue weighted by molar-refractivity contribution is -0.149. The van der Waals surface area contributed by atoms with Crippen LogP contribution in [0.2, 0.25) is 0 Å². The van der Waals surface area contributed by atoms with E-state index in [9.17, 15) is 29.1 Å². The fourth-order valence-electron chi connectivity index (χ4n) is 8.59. The van der Waals surface area contributed by atoms with Gasteiger partial charge in [-0.3, -0.25) is 24.1 Å². The summed E-state index contributed by atoms with van der Waals surface area (Å²) in [7, 11) is 6.76. The van der Waals surface area contributed by atoms with Gasteiger partial charge in [0, 0.05) is 59.7 Å². The first-order chi connectivity index (χ1) is 27.4. The molecule has 0 unspecified atom stereocenters. The van der Waals surface area contributed by atoms with E-state index >= 15 is 0 Å². The third kappa shape index (κ3) is 14.4. The normalized spacial score (nSPS) is 18.7. The van der Waals surface area contributed by atoms with Crippen LogP contribution >= 0.6 is 0 Å². The minimum absolute atomic E-state index is 0.000395. The van der Waals surface area contributed by atoms with Crippen LogP contribution in [-0.2, 0) is 44.6 Å². The molecule has 1 aliphatic rings. The first kappa shape index (κ1) is 50.8. The molecule has 330 valence electrons. The molecule has 1 heterocycles. The number of carbonyl (C=O) groups excluding carboxylic acids is 4. The van der Waals surface area contributed by atoms with Gasteiger partial charge in [-0.25, -0.2) is 4.79 Å². The number of hydrogen-bond donors (Lipinski definition) is 2. The van der Waals surface area contributed by atoms with Crippen LogP contribution in [0.15, 0.2) is 30.3 Å². The van der Waals surface area contributed by atoms with Gasteiger partial charge in [0.25, 0.3) is 0 Å². The summed E-state index contributed by atoms with van der Waals surface area (Å²) in [5, 5.41) is 12.6. The molecule has 3 amide bonds. The summed E-state index contributed by atoms with van der Waals surface area (Å²) >= 11 is 0. The molecule has 1 aromatic carbocycles. The lowest BCUT2D eigenvalue weighted by Crippen LogP contribution is -2.55. The Labute approximate surface area is 348 Å². The van der Waals surface area contributed by atoms with Crippen LogP contribution in [0.3, 0.4) is 0 Å². The van der Waals surface area contributed by atoms with E-state index in [1.807, 2.05) is 83.8 Å². The molecule has 0 bridgehead atoms. The van der Waals surface area contributed by atoms with E-state index < -0.39 is 54.0 Å². The zero-order valence-electron chi connectivity index (χ0n) is 37.6. The summed E-state index contributed by atoms with van der Waals surface area (Å²) in [5.74, 6) is -3.30. The molecule has 1 fully saturated rings. The quantitative estimate of drug-likeness (QED) is 0.111. The molecule has 1 aromatic rings. The summed E-state index contributed by atoms with van der Waals surface area (Å²) in [6.45, 7) is 18.1. The molecule has 0 aliphatic carbocycles. The molecule has 0 saturated carbocycles. The van der Waals surface area contributed by atoms with Gasteiger partial charge < -0.3 is 34.4 Å². The number of likely N-dealkylation sites (tertiary alicyclic amines) is 1. The number of amides is 3. The topological polar surface area (TPSA) is 155 Å². The van der Waals surface area contributed by atoms with Gasteiger partial charge in [-0.1, -0.05) is 92.1 Å². The summed E-state index contributed by atoms with van der Waals surface area (Å²) in [6.07, 6.45) is 1.89. The Morgan fingerprint density at radius 3 is 2.10 bits per heavy atom. The molecule has 1 aliphatic heterocycles. The van der Waals surface area contributed by atoms with Crippen LogP contribution in [0.5, 0.6) is 0 Å². The van der Waals surface area contributed by atoms with Gasteiger partial charge in [0.15, 0.2) is 5.78 Å². The van der Waals surface area contributed by atoms with Gasteiger partial charge in [-0.15, -0.1) is 0 Å².